The average molecular weight is 473 g/mol. The lowest BCUT2D eigenvalue weighted by Gasteiger charge is -2.25. The fourth-order valence-corrected chi connectivity index (χ4v) is 4.57. The van der Waals surface area contributed by atoms with Crippen molar-refractivity contribution in [3.63, 3.8) is 0 Å². The second-order valence-corrected chi connectivity index (χ2v) is 9.20. The Balaban J connectivity index is 1.60. The van der Waals surface area contributed by atoms with Crippen LogP contribution in [0.3, 0.4) is 0 Å². The van der Waals surface area contributed by atoms with Crippen molar-refractivity contribution < 1.29 is 22.0 Å². The van der Waals surface area contributed by atoms with Gasteiger partial charge in [-0.1, -0.05) is 28.1 Å². The molecule has 3 rings (SSSR count). The highest BCUT2D eigenvalue weighted by Crippen LogP contribution is 2.32. The highest BCUT2D eigenvalue weighted by molar-refractivity contribution is 9.10. The minimum absolute atomic E-state index is 0.0179. The van der Waals surface area contributed by atoms with Crippen LogP contribution < -0.4 is 4.72 Å². The van der Waals surface area contributed by atoms with Crippen LogP contribution in [0.1, 0.15) is 30.9 Å². The molecule has 1 unspecified atom stereocenters. The van der Waals surface area contributed by atoms with E-state index in [1.54, 1.807) is 4.90 Å². The Morgan fingerprint density at radius 2 is 1.86 bits per heavy atom. The van der Waals surface area contributed by atoms with Crippen LogP contribution >= 0.6 is 15.9 Å². The summed E-state index contributed by atoms with van der Waals surface area (Å²) in [5.41, 5.74) is 1.04. The zero-order valence-corrected chi connectivity index (χ0v) is 17.3. The molecule has 0 radical (unpaired) electrons. The van der Waals surface area contributed by atoms with E-state index in [9.17, 15) is 22.0 Å². The number of rotatable bonds is 6. The SMILES string of the molecule is O=C(CCNS(=O)(=O)c1ccc(F)c(F)c1)N1CCCC1c1ccc(Br)cc1. The number of sulfonamides is 1. The molecule has 1 heterocycles. The zero-order chi connectivity index (χ0) is 20.3. The average Bonchev–Trinajstić information content (AvgIpc) is 3.14. The molecule has 1 fully saturated rings. The predicted octanol–water partition coefficient (Wildman–Crippen LogP) is 3.76. The molecule has 1 atom stereocenters. The first kappa shape index (κ1) is 20.9. The second kappa shape index (κ2) is 8.67. The summed E-state index contributed by atoms with van der Waals surface area (Å²) in [4.78, 5) is 14.0. The van der Waals surface area contributed by atoms with Crippen LogP contribution in [0.2, 0.25) is 0 Å². The maximum Gasteiger partial charge on any atom is 0.240 e. The minimum Gasteiger partial charge on any atom is -0.336 e. The summed E-state index contributed by atoms with van der Waals surface area (Å²) in [5.74, 6) is -2.52. The van der Waals surface area contributed by atoms with Crippen molar-refractivity contribution in [1.29, 1.82) is 0 Å². The van der Waals surface area contributed by atoms with Crippen molar-refractivity contribution in [3.8, 4) is 0 Å². The van der Waals surface area contributed by atoms with Crippen LogP contribution in [-0.2, 0) is 14.8 Å². The van der Waals surface area contributed by atoms with Crippen LogP contribution in [0, 0.1) is 11.6 Å². The van der Waals surface area contributed by atoms with Crippen LogP contribution in [0.4, 0.5) is 8.78 Å². The summed E-state index contributed by atoms with van der Waals surface area (Å²) >= 11 is 3.39. The van der Waals surface area contributed by atoms with Gasteiger partial charge in [-0.3, -0.25) is 4.79 Å². The third-order valence-corrected chi connectivity index (χ3v) is 6.65. The zero-order valence-electron chi connectivity index (χ0n) is 14.9. The standard InChI is InChI=1S/C19H19BrF2N2O3S/c20-14-5-3-13(4-6-14)18-2-1-11-24(18)19(25)9-10-23-28(26,27)15-7-8-16(21)17(22)12-15/h3-8,12,18,23H,1-2,9-11H2. The molecule has 9 heteroatoms. The maximum atomic E-state index is 13.3. The second-order valence-electron chi connectivity index (χ2n) is 6.52. The third kappa shape index (κ3) is 4.76. The van der Waals surface area contributed by atoms with E-state index in [1.165, 1.54) is 0 Å². The Kier molecular flexibility index (Phi) is 6.47. The van der Waals surface area contributed by atoms with E-state index < -0.39 is 21.7 Å². The highest BCUT2D eigenvalue weighted by atomic mass is 79.9. The van der Waals surface area contributed by atoms with Gasteiger partial charge in [0.15, 0.2) is 11.6 Å². The smallest absolute Gasteiger partial charge is 0.240 e. The summed E-state index contributed by atoms with van der Waals surface area (Å²) in [6.45, 7) is 0.499. The molecule has 2 aromatic carbocycles. The maximum absolute atomic E-state index is 13.3. The summed E-state index contributed by atoms with van der Waals surface area (Å²) in [6, 6.07) is 10.1. The molecule has 1 aliphatic rings. The molecule has 2 aromatic rings. The van der Waals surface area contributed by atoms with Gasteiger partial charge in [0.25, 0.3) is 0 Å². The predicted molar refractivity (Wildman–Crippen MR) is 104 cm³/mol. The van der Waals surface area contributed by atoms with E-state index in [4.69, 9.17) is 0 Å². The molecule has 5 nitrogen and oxygen atoms in total. The summed E-state index contributed by atoms with van der Waals surface area (Å²) in [7, 11) is -4.02. The van der Waals surface area contributed by atoms with E-state index in [0.29, 0.717) is 12.6 Å². The number of halogens is 3. The van der Waals surface area contributed by atoms with Gasteiger partial charge in [-0.05, 0) is 48.7 Å². The summed E-state index contributed by atoms with van der Waals surface area (Å²) in [5, 5.41) is 0. The van der Waals surface area contributed by atoms with Gasteiger partial charge in [0.2, 0.25) is 15.9 Å². The molecular formula is C19H19BrF2N2O3S. The fourth-order valence-electron chi connectivity index (χ4n) is 3.26. The largest absolute Gasteiger partial charge is 0.336 e. The lowest BCUT2D eigenvalue weighted by molar-refractivity contribution is -0.131. The van der Waals surface area contributed by atoms with Gasteiger partial charge in [0.05, 0.1) is 10.9 Å². The molecule has 0 aromatic heterocycles. The topological polar surface area (TPSA) is 66.5 Å². The third-order valence-electron chi connectivity index (χ3n) is 4.66. The van der Waals surface area contributed by atoms with Crippen molar-refractivity contribution in [2.75, 3.05) is 13.1 Å². The molecule has 1 aliphatic heterocycles. The highest BCUT2D eigenvalue weighted by Gasteiger charge is 2.29. The number of nitrogens with zero attached hydrogens (tertiary/aromatic N) is 1. The molecule has 1 amide bonds. The van der Waals surface area contributed by atoms with E-state index in [-0.39, 0.29) is 29.8 Å². The molecule has 0 spiro atoms. The van der Waals surface area contributed by atoms with Crippen LogP contribution in [0.25, 0.3) is 0 Å². The number of carbonyl (C=O) groups is 1. The van der Waals surface area contributed by atoms with Crippen molar-refractivity contribution >= 4 is 31.9 Å². The van der Waals surface area contributed by atoms with Crippen molar-refractivity contribution in [2.45, 2.75) is 30.2 Å². The minimum atomic E-state index is -4.02. The van der Waals surface area contributed by atoms with Gasteiger partial charge in [-0.25, -0.2) is 21.9 Å². The fraction of sp³-hybridized carbons (Fsp3) is 0.316. The van der Waals surface area contributed by atoms with Crippen molar-refractivity contribution in [1.82, 2.24) is 9.62 Å². The lowest BCUT2D eigenvalue weighted by Crippen LogP contribution is -2.34. The Bertz CT molecular complexity index is 968. The molecule has 0 aliphatic carbocycles. The number of hydrogen-bond acceptors (Lipinski definition) is 3. The van der Waals surface area contributed by atoms with Gasteiger partial charge < -0.3 is 4.90 Å². The summed E-state index contributed by atoms with van der Waals surface area (Å²) in [6.07, 6.45) is 1.72. The van der Waals surface area contributed by atoms with Crippen molar-refractivity contribution in [3.05, 3.63) is 64.1 Å². The number of nitrogens with one attached hydrogen (secondary N) is 1. The monoisotopic (exact) mass is 472 g/mol. The number of hydrogen-bond donors (Lipinski definition) is 1. The van der Waals surface area contributed by atoms with Gasteiger partial charge in [0, 0.05) is 24.0 Å². The van der Waals surface area contributed by atoms with Gasteiger partial charge in [-0.2, -0.15) is 0 Å². The number of benzene rings is 2. The summed E-state index contributed by atoms with van der Waals surface area (Å²) < 4.78 is 53.8. The quantitative estimate of drug-likeness (QED) is 0.695. The van der Waals surface area contributed by atoms with E-state index in [1.807, 2.05) is 24.3 Å². The molecule has 0 saturated carbocycles. The normalized spacial score (nSPS) is 17.1. The molecule has 0 bridgehead atoms. The molecule has 150 valence electrons. The Morgan fingerprint density at radius 1 is 1.14 bits per heavy atom. The first-order valence-electron chi connectivity index (χ1n) is 8.77. The molecular weight excluding hydrogens is 454 g/mol. The Hall–Kier alpha value is -1.84. The van der Waals surface area contributed by atoms with Gasteiger partial charge >= 0.3 is 0 Å². The van der Waals surface area contributed by atoms with Gasteiger partial charge in [-0.15, -0.1) is 0 Å². The van der Waals surface area contributed by atoms with Crippen LogP contribution in [0.5, 0.6) is 0 Å². The van der Waals surface area contributed by atoms with Crippen molar-refractivity contribution in [2.24, 2.45) is 0 Å². The van der Waals surface area contributed by atoms with E-state index >= 15 is 0 Å². The molecule has 1 saturated heterocycles. The van der Waals surface area contributed by atoms with Gasteiger partial charge in [0.1, 0.15) is 0 Å². The number of likely N-dealkylation sites (tertiary alicyclic amines) is 1. The molecule has 1 N–H and O–H groups in total. The number of amides is 1. The lowest BCUT2D eigenvalue weighted by atomic mass is 10.0. The Morgan fingerprint density at radius 3 is 2.54 bits per heavy atom. The number of carbonyl (C=O) groups excluding carboxylic acids is 1. The van der Waals surface area contributed by atoms with E-state index in [0.717, 1.165) is 35.0 Å². The van der Waals surface area contributed by atoms with E-state index in [2.05, 4.69) is 20.7 Å². The first-order chi connectivity index (χ1) is 13.3. The first-order valence-corrected chi connectivity index (χ1v) is 11.1. The van der Waals surface area contributed by atoms with Crippen LogP contribution in [-0.4, -0.2) is 32.3 Å². The molecule has 28 heavy (non-hydrogen) atoms. The van der Waals surface area contributed by atoms with Crippen LogP contribution in [0.15, 0.2) is 51.8 Å². The Labute approximate surface area is 170 Å².